The number of anilines is 1. The summed E-state index contributed by atoms with van der Waals surface area (Å²) in [4.78, 5) is 33.8. The summed E-state index contributed by atoms with van der Waals surface area (Å²) in [5.41, 5.74) is 2.68. The fraction of sp³-hybridized carbons (Fsp3) is 0.238. The molecule has 1 amide bonds. The minimum absolute atomic E-state index is 0.00817. The number of aryl methyl sites for hydroxylation is 1. The van der Waals surface area contributed by atoms with Crippen LogP contribution in [0.2, 0.25) is 0 Å². The third-order valence-corrected chi connectivity index (χ3v) is 4.68. The quantitative estimate of drug-likeness (QED) is 0.496. The monoisotopic (exact) mass is 403 g/mol. The molecule has 0 fully saturated rings. The highest BCUT2D eigenvalue weighted by Crippen LogP contribution is 2.26. The first-order valence-corrected chi connectivity index (χ1v) is 9.54. The molecule has 9 heteroatoms. The van der Waals surface area contributed by atoms with Crippen molar-refractivity contribution in [2.24, 2.45) is 0 Å². The molecule has 0 aromatic carbocycles. The topological polar surface area (TPSA) is 108 Å². The van der Waals surface area contributed by atoms with Crippen LogP contribution < -0.4 is 5.32 Å². The predicted octanol–water partition coefficient (Wildman–Crippen LogP) is 2.78. The van der Waals surface area contributed by atoms with Gasteiger partial charge in [0.2, 0.25) is 5.91 Å². The SMILES string of the molecule is Cc1cn(CC(=O)Nc2cc(C(=O)c3cn(C(C)C)c4ccncc34)ccn2)nn1. The normalized spacial score (nSPS) is 11.2. The zero-order valence-electron chi connectivity index (χ0n) is 16.9. The van der Waals surface area contributed by atoms with Gasteiger partial charge in [0, 0.05) is 53.5 Å². The summed E-state index contributed by atoms with van der Waals surface area (Å²) < 4.78 is 3.49. The van der Waals surface area contributed by atoms with Crippen molar-refractivity contribution in [3.8, 4) is 0 Å². The van der Waals surface area contributed by atoms with Crippen molar-refractivity contribution in [3.05, 3.63) is 66.0 Å². The number of nitrogens with zero attached hydrogens (tertiary/aromatic N) is 6. The fourth-order valence-electron chi connectivity index (χ4n) is 3.30. The van der Waals surface area contributed by atoms with E-state index >= 15 is 0 Å². The van der Waals surface area contributed by atoms with Crippen LogP contribution in [0.25, 0.3) is 10.9 Å². The fourth-order valence-corrected chi connectivity index (χ4v) is 3.30. The second-order valence-corrected chi connectivity index (χ2v) is 7.30. The van der Waals surface area contributed by atoms with Gasteiger partial charge in [-0.05, 0) is 39.0 Å². The molecule has 0 spiro atoms. The molecule has 0 atom stereocenters. The molecule has 0 aliphatic carbocycles. The van der Waals surface area contributed by atoms with Crippen molar-refractivity contribution in [2.45, 2.75) is 33.4 Å². The molecule has 30 heavy (non-hydrogen) atoms. The zero-order valence-corrected chi connectivity index (χ0v) is 16.9. The Labute approximate surface area is 172 Å². The average molecular weight is 403 g/mol. The van der Waals surface area contributed by atoms with Crippen LogP contribution in [0, 0.1) is 6.92 Å². The van der Waals surface area contributed by atoms with E-state index in [-0.39, 0.29) is 24.3 Å². The van der Waals surface area contributed by atoms with Gasteiger partial charge < -0.3 is 9.88 Å². The maximum absolute atomic E-state index is 13.2. The minimum Gasteiger partial charge on any atom is -0.344 e. The van der Waals surface area contributed by atoms with E-state index in [1.807, 2.05) is 16.8 Å². The van der Waals surface area contributed by atoms with Crippen molar-refractivity contribution >= 4 is 28.4 Å². The Balaban J connectivity index is 1.59. The largest absolute Gasteiger partial charge is 0.344 e. The van der Waals surface area contributed by atoms with E-state index in [1.54, 1.807) is 37.6 Å². The summed E-state index contributed by atoms with van der Waals surface area (Å²) >= 11 is 0. The molecule has 152 valence electrons. The summed E-state index contributed by atoms with van der Waals surface area (Å²) in [7, 11) is 0. The van der Waals surface area contributed by atoms with Gasteiger partial charge in [0.25, 0.3) is 0 Å². The number of hydrogen-bond acceptors (Lipinski definition) is 6. The Morgan fingerprint density at radius 3 is 2.73 bits per heavy atom. The van der Waals surface area contributed by atoms with Gasteiger partial charge in [-0.15, -0.1) is 5.10 Å². The van der Waals surface area contributed by atoms with Crippen LogP contribution in [0.15, 0.2) is 49.2 Å². The van der Waals surface area contributed by atoms with Crippen LogP contribution in [0.5, 0.6) is 0 Å². The zero-order chi connectivity index (χ0) is 21.3. The maximum atomic E-state index is 13.2. The van der Waals surface area contributed by atoms with Crippen molar-refractivity contribution < 1.29 is 9.59 Å². The second kappa shape index (κ2) is 7.86. The van der Waals surface area contributed by atoms with E-state index in [9.17, 15) is 9.59 Å². The van der Waals surface area contributed by atoms with Gasteiger partial charge in [-0.3, -0.25) is 14.6 Å². The first kappa shape index (κ1) is 19.4. The van der Waals surface area contributed by atoms with Crippen LogP contribution in [0.1, 0.15) is 41.5 Å². The van der Waals surface area contributed by atoms with E-state index in [2.05, 4.69) is 39.4 Å². The van der Waals surface area contributed by atoms with E-state index in [1.165, 1.54) is 10.9 Å². The lowest BCUT2D eigenvalue weighted by Crippen LogP contribution is -2.20. The lowest BCUT2D eigenvalue weighted by Gasteiger charge is -2.08. The van der Waals surface area contributed by atoms with Crippen molar-refractivity contribution in [1.82, 2.24) is 29.5 Å². The molecule has 4 heterocycles. The lowest BCUT2D eigenvalue weighted by atomic mass is 10.0. The molecule has 1 N–H and O–H groups in total. The molecule has 0 unspecified atom stereocenters. The number of ketones is 1. The molecule has 4 aromatic heterocycles. The highest BCUT2D eigenvalue weighted by molar-refractivity contribution is 6.16. The molecule has 0 bridgehead atoms. The first-order chi connectivity index (χ1) is 14.4. The van der Waals surface area contributed by atoms with Crippen molar-refractivity contribution in [3.63, 3.8) is 0 Å². The summed E-state index contributed by atoms with van der Waals surface area (Å²) in [6.07, 6.45) is 8.44. The molecule has 4 aromatic rings. The van der Waals surface area contributed by atoms with Gasteiger partial charge in [-0.25, -0.2) is 9.67 Å². The highest BCUT2D eigenvalue weighted by atomic mass is 16.2. The molecule has 0 saturated heterocycles. The molecule has 9 nitrogen and oxygen atoms in total. The van der Waals surface area contributed by atoms with Gasteiger partial charge in [-0.1, -0.05) is 5.21 Å². The molecule has 0 aliphatic heterocycles. The Hall–Kier alpha value is -3.88. The lowest BCUT2D eigenvalue weighted by molar-refractivity contribution is -0.117. The smallest absolute Gasteiger partial charge is 0.247 e. The maximum Gasteiger partial charge on any atom is 0.247 e. The molecule has 4 rings (SSSR count). The van der Waals surface area contributed by atoms with E-state index in [0.29, 0.717) is 16.9 Å². The Morgan fingerprint density at radius 1 is 1.17 bits per heavy atom. The predicted molar refractivity (Wildman–Crippen MR) is 111 cm³/mol. The Bertz CT molecular complexity index is 1240. The molecular formula is C21H21N7O2. The molecule has 0 saturated carbocycles. The number of carbonyl (C=O) groups is 2. The van der Waals surface area contributed by atoms with Crippen molar-refractivity contribution in [2.75, 3.05) is 5.32 Å². The molecule has 0 aliphatic rings. The van der Waals surface area contributed by atoms with Gasteiger partial charge in [0.1, 0.15) is 12.4 Å². The van der Waals surface area contributed by atoms with Crippen LogP contribution in [-0.4, -0.2) is 41.2 Å². The van der Waals surface area contributed by atoms with Gasteiger partial charge in [0.15, 0.2) is 5.78 Å². The first-order valence-electron chi connectivity index (χ1n) is 9.54. The summed E-state index contributed by atoms with van der Waals surface area (Å²) in [6.45, 7) is 5.92. The van der Waals surface area contributed by atoms with E-state index < -0.39 is 0 Å². The number of nitrogens with one attached hydrogen (secondary N) is 1. The number of amides is 1. The van der Waals surface area contributed by atoms with Gasteiger partial charge in [-0.2, -0.15) is 0 Å². The van der Waals surface area contributed by atoms with Gasteiger partial charge in [0.05, 0.1) is 11.2 Å². The third-order valence-electron chi connectivity index (χ3n) is 4.68. The Kier molecular flexibility index (Phi) is 5.09. The summed E-state index contributed by atoms with van der Waals surface area (Å²) in [5.74, 6) is -0.164. The van der Waals surface area contributed by atoms with Crippen LogP contribution >= 0.6 is 0 Å². The molecular weight excluding hydrogens is 382 g/mol. The Morgan fingerprint density at radius 2 is 2.00 bits per heavy atom. The summed E-state index contributed by atoms with van der Waals surface area (Å²) in [6, 6.07) is 5.30. The highest BCUT2D eigenvalue weighted by Gasteiger charge is 2.19. The number of aromatic nitrogens is 6. The van der Waals surface area contributed by atoms with Crippen LogP contribution in [-0.2, 0) is 11.3 Å². The molecule has 0 radical (unpaired) electrons. The number of fused-ring (bicyclic) bond motifs is 1. The van der Waals surface area contributed by atoms with Crippen molar-refractivity contribution in [1.29, 1.82) is 0 Å². The average Bonchev–Trinajstić information content (AvgIpc) is 3.31. The standard InChI is InChI=1S/C21H21N7O2/c1-13(2)28-11-17(16-9-22-6-5-18(16)28)21(30)15-4-7-23-19(8-15)24-20(29)12-27-10-14(3)25-26-27/h4-11,13H,12H2,1-3H3,(H,23,24,29). The number of rotatable bonds is 6. The third kappa shape index (κ3) is 3.82. The minimum atomic E-state index is -0.308. The van der Waals surface area contributed by atoms with Crippen LogP contribution in [0.4, 0.5) is 5.82 Å². The van der Waals surface area contributed by atoms with Gasteiger partial charge >= 0.3 is 0 Å². The second-order valence-electron chi connectivity index (χ2n) is 7.30. The van der Waals surface area contributed by atoms with E-state index in [4.69, 9.17) is 0 Å². The number of hydrogen-bond donors (Lipinski definition) is 1. The summed E-state index contributed by atoms with van der Waals surface area (Å²) in [5, 5.41) is 11.2. The number of pyridine rings is 2. The van der Waals surface area contributed by atoms with E-state index in [0.717, 1.165) is 16.6 Å². The number of carbonyl (C=O) groups excluding carboxylic acids is 2. The van der Waals surface area contributed by atoms with Crippen LogP contribution in [0.3, 0.4) is 0 Å².